The van der Waals surface area contributed by atoms with Gasteiger partial charge in [0, 0.05) is 52.9 Å². The monoisotopic (exact) mass is 618 g/mol. The third-order valence-electron chi connectivity index (χ3n) is 6.80. The molecule has 1 saturated heterocycles. The number of anilines is 3. The van der Waals surface area contributed by atoms with Crippen molar-refractivity contribution in [3.63, 3.8) is 0 Å². The van der Waals surface area contributed by atoms with E-state index >= 15 is 0 Å². The largest absolute Gasteiger partial charge is 0.388 e. The Morgan fingerprint density at radius 2 is 1.84 bits per heavy atom. The van der Waals surface area contributed by atoms with Gasteiger partial charge in [-0.1, -0.05) is 53.5 Å². The standard InChI is InChI=1S/C31H28Cl2N6O4/c32-21-6-11-25(35-17-28(33)34)24(15-21)26-16-29(40)39(19-36-26)27(14-20-4-2-1-3-5-20)31(42)37-22-7-9-23(10-8-22)38-12-13-43-18-30(38)41/h1-11,15-17,19,27,35H,12-14,18,34H2,(H,37,42)/b28-17-. The molecule has 1 unspecified atom stereocenters. The van der Waals surface area contributed by atoms with Crippen molar-refractivity contribution in [2.45, 2.75) is 12.5 Å². The van der Waals surface area contributed by atoms with E-state index in [9.17, 15) is 14.4 Å². The number of benzene rings is 3. The molecule has 0 bridgehead atoms. The van der Waals surface area contributed by atoms with Crippen molar-refractivity contribution >= 4 is 52.1 Å². The summed E-state index contributed by atoms with van der Waals surface area (Å²) in [7, 11) is 0. The van der Waals surface area contributed by atoms with Gasteiger partial charge < -0.3 is 26.0 Å². The number of halogens is 2. The average molecular weight is 620 g/mol. The fourth-order valence-electron chi connectivity index (χ4n) is 4.69. The third kappa shape index (κ3) is 7.42. The summed E-state index contributed by atoms with van der Waals surface area (Å²) in [5.41, 5.74) is 8.69. The molecule has 220 valence electrons. The van der Waals surface area contributed by atoms with Crippen molar-refractivity contribution in [1.82, 2.24) is 9.55 Å². The number of aromatic nitrogens is 2. The minimum Gasteiger partial charge on any atom is -0.388 e. The molecule has 5 rings (SSSR count). The lowest BCUT2D eigenvalue weighted by Gasteiger charge is -2.27. The number of nitrogens with two attached hydrogens (primary N) is 1. The maximum Gasteiger partial charge on any atom is 0.254 e. The lowest BCUT2D eigenvalue weighted by atomic mass is 10.0. The van der Waals surface area contributed by atoms with Crippen molar-refractivity contribution in [3.05, 3.63) is 117 Å². The summed E-state index contributed by atoms with van der Waals surface area (Å²) in [5.74, 6) is -0.523. The summed E-state index contributed by atoms with van der Waals surface area (Å²) in [6.07, 6.45) is 3.01. The fourth-order valence-corrected chi connectivity index (χ4v) is 4.92. The second kappa shape index (κ2) is 13.6. The highest BCUT2D eigenvalue weighted by Crippen LogP contribution is 2.30. The molecule has 4 N–H and O–H groups in total. The van der Waals surface area contributed by atoms with E-state index in [0.717, 1.165) is 5.56 Å². The Balaban J connectivity index is 1.43. The number of rotatable bonds is 9. The van der Waals surface area contributed by atoms with Crippen molar-refractivity contribution in [3.8, 4) is 11.3 Å². The SMILES string of the molecule is N/C(Cl)=C\Nc1ccc(Cl)cc1-c1cc(=O)n(C(Cc2ccccc2)C(=O)Nc2ccc(N3CCOCC3=O)cc2)cn1. The van der Waals surface area contributed by atoms with Crippen LogP contribution in [0.15, 0.2) is 101 Å². The van der Waals surface area contributed by atoms with Gasteiger partial charge in [-0.05, 0) is 48.0 Å². The van der Waals surface area contributed by atoms with E-state index in [2.05, 4.69) is 15.6 Å². The molecule has 3 aromatic carbocycles. The molecule has 10 nitrogen and oxygen atoms in total. The van der Waals surface area contributed by atoms with Gasteiger partial charge >= 0.3 is 0 Å². The number of carbonyl (C=O) groups excluding carboxylic acids is 2. The van der Waals surface area contributed by atoms with E-state index in [1.165, 1.54) is 23.2 Å². The highest BCUT2D eigenvalue weighted by Gasteiger charge is 2.24. The van der Waals surface area contributed by atoms with Gasteiger partial charge in [-0.25, -0.2) is 4.98 Å². The van der Waals surface area contributed by atoms with Gasteiger partial charge in [-0.2, -0.15) is 0 Å². The predicted octanol–water partition coefficient (Wildman–Crippen LogP) is 4.76. The molecular weight excluding hydrogens is 591 g/mol. The highest BCUT2D eigenvalue weighted by atomic mass is 35.5. The minimum atomic E-state index is -0.909. The molecule has 2 amide bonds. The zero-order valence-electron chi connectivity index (χ0n) is 22.9. The average Bonchev–Trinajstić information content (AvgIpc) is 3.00. The molecule has 12 heteroatoms. The van der Waals surface area contributed by atoms with Crippen LogP contribution in [0.2, 0.25) is 5.02 Å². The van der Waals surface area contributed by atoms with Gasteiger partial charge in [-0.3, -0.25) is 19.0 Å². The second-order valence-electron chi connectivity index (χ2n) is 9.72. The first-order chi connectivity index (χ1) is 20.8. The van der Waals surface area contributed by atoms with E-state index in [1.807, 2.05) is 30.3 Å². The quantitative estimate of drug-likeness (QED) is 0.230. The molecular formula is C31H28Cl2N6O4. The maximum absolute atomic E-state index is 13.7. The van der Waals surface area contributed by atoms with Crippen molar-refractivity contribution in [2.75, 3.05) is 35.3 Å². The predicted molar refractivity (Wildman–Crippen MR) is 168 cm³/mol. The molecule has 1 aromatic heterocycles. The first-order valence-corrected chi connectivity index (χ1v) is 14.1. The van der Waals surface area contributed by atoms with E-state index in [-0.39, 0.29) is 24.1 Å². The number of morpholine rings is 1. The van der Waals surface area contributed by atoms with Gasteiger partial charge in [0.25, 0.3) is 11.5 Å². The van der Waals surface area contributed by atoms with Gasteiger partial charge in [0.2, 0.25) is 5.91 Å². The highest BCUT2D eigenvalue weighted by molar-refractivity contribution is 6.31. The molecule has 1 aliphatic heterocycles. The van der Waals surface area contributed by atoms with Crippen LogP contribution in [-0.2, 0) is 20.7 Å². The summed E-state index contributed by atoms with van der Waals surface area (Å²) in [5, 5.41) is 6.38. The summed E-state index contributed by atoms with van der Waals surface area (Å²) >= 11 is 12.0. The van der Waals surface area contributed by atoms with E-state index < -0.39 is 17.5 Å². The molecule has 4 aromatic rings. The number of hydrogen-bond donors (Lipinski definition) is 3. The van der Waals surface area contributed by atoms with Crippen LogP contribution in [0, 0.1) is 0 Å². The number of hydrogen-bond acceptors (Lipinski definition) is 7. The van der Waals surface area contributed by atoms with Crippen LogP contribution >= 0.6 is 23.2 Å². The lowest BCUT2D eigenvalue weighted by molar-refractivity contribution is -0.125. The van der Waals surface area contributed by atoms with Gasteiger partial charge in [0.05, 0.1) is 18.6 Å². The lowest BCUT2D eigenvalue weighted by Crippen LogP contribution is -2.41. The molecule has 1 atom stereocenters. The van der Waals surface area contributed by atoms with Crippen LogP contribution in [0.5, 0.6) is 0 Å². The molecule has 43 heavy (non-hydrogen) atoms. The summed E-state index contributed by atoms with van der Waals surface area (Å²) in [4.78, 5) is 45.5. The van der Waals surface area contributed by atoms with Crippen LogP contribution < -0.4 is 26.8 Å². The Kier molecular flexibility index (Phi) is 9.41. The Labute approximate surface area is 257 Å². The Morgan fingerprint density at radius 1 is 1.07 bits per heavy atom. The van der Waals surface area contributed by atoms with Crippen molar-refractivity contribution in [1.29, 1.82) is 0 Å². The molecule has 0 saturated carbocycles. The van der Waals surface area contributed by atoms with Crippen LogP contribution in [0.3, 0.4) is 0 Å². The molecule has 1 aliphatic rings. The first kappa shape index (κ1) is 29.8. The second-order valence-corrected chi connectivity index (χ2v) is 10.6. The van der Waals surface area contributed by atoms with Crippen molar-refractivity contribution < 1.29 is 14.3 Å². The van der Waals surface area contributed by atoms with Crippen LogP contribution in [0.1, 0.15) is 11.6 Å². The van der Waals surface area contributed by atoms with E-state index in [1.54, 1.807) is 47.4 Å². The molecule has 0 aliphatic carbocycles. The first-order valence-electron chi connectivity index (χ1n) is 13.4. The van der Waals surface area contributed by atoms with Crippen molar-refractivity contribution in [2.24, 2.45) is 5.73 Å². The zero-order chi connectivity index (χ0) is 30.3. The van der Waals surface area contributed by atoms with Gasteiger partial charge in [0.15, 0.2) is 0 Å². The number of ether oxygens (including phenoxy) is 1. The van der Waals surface area contributed by atoms with Crippen LogP contribution in [0.25, 0.3) is 11.3 Å². The number of nitrogens with one attached hydrogen (secondary N) is 2. The summed E-state index contributed by atoms with van der Waals surface area (Å²) < 4.78 is 6.50. The summed E-state index contributed by atoms with van der Waals surface area (Å²) in [6.45, 7) is 0.955. The Bertz CT molecular complexity index is 1710. The normalized spacial score (nSPS) is 14.3. The van der Waals surface area contributed by atoms with Gasteiger partial charge in [0.1, 0.15) is 17.8 Å². The van der Waals surface area contributed by atoms with Crippen LogP contribution in [0.4, 0.5) is 17.1 Å². The molecule has 1 fully saturated rings. The Hall–Kier alpha value is -4.64. The van der Waals surface area contributed by atoms with E-state index in [4.69, 9.17) is 33.7 Å². The van der Waals surface area contributed by atoms with Crippen LogP contribution in [-0.4, -0.2) is 41.1 Å². The Morgan fingerprint density at radius 3 is 2.53 bits per heavy atom. The fraction of sp³-hybridized carbons (Fsp3) is 0.161. The zero-order valence-corrected chi connectivity index (χ0v) is 24.4. The van der Waals surface area contributed by atoms with E-state index in [0.29, 0.717) is 46.5 Å². The smallest absolute Gasteiger partial charge is 0.254 e. The minimum absolute atomic E-state index is 0.0372. The third-order valence-corrected chi connectivity index (χ3v) is 7.15. The topological polar surface area (TPSA) is 132 Å². The number of carbonyl (C=O) groups is 2. The molecule has 0 spiro atoms. The molecule has 2 heterocycles. The maximum atomic E-state index is 13.7. The summed E-state index contributed by atoms with van der Waals surface area (Å²) in [6, 6.07) is 21.9. The number of nitrogens with zero attached hydrogens (tertiary/aromatic N) is 3. The van der Waals surface area contributed by atoms with Gasteiger partial charge in [-0.15, -0.1) is 0 Å². The molecule has 0 radical (unpaired) electrons. The number of amides is 2.